The third kappa shape index (κ3) is 8.51. The van der Waals surface area contributed by atoms with Gasteiger partial charge in [-0.25, -0.2) is 5.43 Å². The number of nitro groups is 2. The predicted octanol–water partition coefficient (Wildman–Crippen LogP) is 5.27. The maximum Gasteiger partial charge on any atom is 0.396 e. The number of nitrogens with one attached hydrogen (secondary N) is 1. The molecule has 0 saturated carbocycles. The number of unbranched alkanes of at least 4 members (excludes halogenated alkanes) is 2. The standard InChI is InChI=1S/C27H32N6O7S/c1-5-6-7-14-40-22-11-9-21(10-12-22)18(2)29-30-25(34)17-41-27-26(33(37)38)28-19(3)31(27)16-20-8-13-24(39-4)23(15-20)32(35)36/h8-13,15H,5-7,14,16-17H2,1-4H3,(H,30,34). The van der Waals surface area contributed by atoms with Crippen LogP contribution in [0.25, 0.3) is 0 Å². The number of thioether (sulfide) groups is 1. The molecule has 0 radical (unpaired) electrons. The highest BCUT2D eigenvalue weighted by Crippen LogP contribution is 2.32. The highest BCUT2D eigenvalue weighted by Gasteiger charge is 2.27. The molecule has 1 aromatic heterocycles. The van der Waals surface area contributed by atoms with Crippen LogP contribution in [0.5, 0.6) is 11.5 Å². The van der Waals surface area contributed by atoms with E-state index in [4.69, 9.17) is 9.47 Å². The largest absolute Gasteiger partial charge is 0.494 e. The van der Waals surface area contributed by atoms with Crippen LogP contribution in [0.1, 0.15) is 50.1 Å². The van der Waals surface area contributed by atoms with Gasteiger partial charge in [-0.05, 0) is 64.7 Å². The Morgan fingerprint density at radius 3 is 2.49 bits per heavy atom. The molecule has 218 valence electrons. The number of hydrogen-bond acceptors (Lipinski definition) is 10. The number of amides is 1. The topological polar surface area (TPSA) is 164 Å². The van der Waals surface area contributed by atoms with E-state index in [0.717, 1.165) is 42.3 Å². The molecule has 41 heavy (non-hydrogen) atoms. The zero-order valence-electron chi connectivity index (χ0n) is 23.3. The van der Waals surface area contributed by atoms with E-state index in [-0.39, 0.29) is 28.8 Å². The highest BCUT2D eigenvalue weighted by molar-refractivity contribution is 8.00. The summed E-state index contributed by atoms with van der Waals surface area (Å²) < 4.78 is 12.3. The number of hydrogen-bond donors (Lipinski definition) is 1. The summed E-state index contributed by atoms with van der Waals surface area (Å²) in [5.74, 6) is 0.141. The molecule has 13 nitrogen and oxygen atoms in total. The van der Waals surface area contributed by atoms with Gasteiger partial charge in [0.05, 0.1) is 36.6 Å². The molecule has 3 rings (SSSR count). The number of hydrazone groups is 1. The lowest BCUT2D eigenvalue weighted by molar-refractivity contribution is -0.392. The van der Waals surface area contributed by atoms with E-state index in [1.165, 1.54) is 19.2 Å². The van der Waals surface area contributed by atoms with Crippen molar-refractivity contribution in [2.45, 2.75) is 51.6 Å². The number of rotatable bonds is 15. The van der Waals surface area contributed by atoms with Gasteiger partial charge >= 0.3 is 11.5 Å². The molecule has 0 aliphatic rings. The lowest BCUT2D eigenvalue weighted by Gasteiger charge is -2.10. The summed E-state index contributed by atoms with van der Waals surface area (Å²) in [7, 11) is 1.33. The number of nitrogens with zero attached hydrogens (tertiary/aromatic N) is 5. The zero-order chi connectivity index (χ0) is 29.9. The molecule has 3 aromatic rings. The first-order valence-corrected chi connectivity index (χ1v) is 13.8. The molecular weight excluding hydrogens is 552 g/mol. The Balaban J connectivity index is 1.68. The minimum Gasteiger partial charge on any atom is -0.494 e. The van der Waals surface area contributed by atoms with E-state index >= 15 is 0 Å². The van der Waals surface area contributed by atoms with Crippen LogP contribution in [0.3, 0.4) is 0 Å². The van der Waals surface area contributed by atoms with Gasteiger partial charge in [-0.3, -0.25) is 19.5 Å². The van der Waals surface area contributed by atoms with E-state index in [1.54, 1.807) is 24.5 Å². The molecule has 0 atom stereocenters. The molecule has 0 aliphatic heterocycles. The summed E-state index contributed by atoms with van der Waals surface area (Å²) in [5, 5.41) is 27.4. The van der Waals surface area contributed by atoms with Crippen LogP contribution in [0.15, 0.2) is 52.6 Å². The second-order valence-corrected chi connectivity index (χ2v) is 9.96. The van der Waals surface area contributed by atoms with Crippen LogP contribution in [0, 0.1) is 27.2 Å². The van der Waals surface area contributed by atoms with Crippen LogP contribution in [-0.2, 0) is 11.3 Å². The molecule has 0 spiro atoms. The van der Waals surface area contributed by atoms with Crippen molar-refractivity contribution in [3.63, 3.8) is 0 Å². The molecule has 14 heteroatoms. The third-order valence-corrected chi connectivity index (χ3v) is 7.11. The van der Waals surface area contributed by atoms with E-state index < -0.39 is 21.6 Å². The van der Waals surface area contributed by atoms with Gasteiger partial charge in [0.2, 0.25) is 11.7 Å². The summed E-state index contributed by atoms with van der Waals surface area (Å²) in [6.45, 7) is 6.20. The molecule has 0 unspecified atom stereocenters. The van der Waals surface area contributed by atoms with Gasteiger partial charge in [-0.1, -0.05) is 37.6 Å². The van der Waals surface area contributed by atoms with Crippen molar-refractivity contribution < 1.29 is 24.1 Å². The molecule has 0 bridgehead atoms. The Hall–Kier alpha value is -4.46. The van der Waals surface area contributed by atoms with Gasteiger partial charge < -0.3 is 19.6 Å². The van der Waals surface area contributed by atoms with Gasteiger partial charge in [0.15, 0.2) is 10.8 Å². The Kier molecular flexibility index (Phi) is 11.2. The molecule has 2 aromatic carbocycles. The fraction of sp³-hybridized carbons (Fsp3) is 0.370. The summed E-state index contributed by atoms with van der Waals surface area (Å²) in [5.41, 5.74) is 4.14. The first-order valence-electron chi connectivity index (χ1n) is 12.9. The SMILES string of the molecule is CCCCCOc1ccc(C(C)=NNC(=O)CSc2c([N+](=O)[O-])nc(C)n2Cc2ccc(OC)c([N+](=O)[O-])c2)cc1. The van der Waals surface area contributed by atoms with Crippen molar-refractivity contribution >= 4 is 34.9 Å². The van der Waals surface area contributed by atoms with Gasteiger partial charge in [0.25, 0.3) is 0 Å². The lowest BCUT2D eigenvalue weighted by atomic mass is 10.1. The van der Waals surface area contributed by atoms with Crippen LogP contribution in [-0.4, -0.2) is 50.5 Å². The quantitative estimate of drug-likeness (QED) is 0.0824. The van der Waals surface area contributed by atoms with E-state index in [2.05, 4.69) is 22.4 Å². The smallest absolute Gasteiger partial charge is 0.396 e. The number of imidazole rings is 1. The third-order valence-electron chi connectivity index (χ3n) is 6.03. The number of aryl methyl sites for hydroxylation is 1. The number of ether oxygens (including phenoxy) is 2. The molecule has 0 aliphatic carbocycles. The summed E-state index contributed by atoms with van der Waals surface area (Å²) >= 11 is 0.931. The van der Waals surface area contributed by atoms with Gasteiger partial charge in [-0.2, -0.15) is 5.10 Å². The second-order valence-electron chi connectivity index (χ2n) is 9.00. The van der Waals surface area contributed by atoms with Crippen LogP contribution in [0.4, 0.5) is 11.5 Å². The maximum atomic E-state index is 12.6. The maximum absolute atomic E-state index is 12.6. The average Bonchev–Trinajstić information content (AvgIpc) is 3.27. The highest BCUT2D eigenvalue weighted by atomic mass is 32.2. The summed E-state index contributed by atoms with van der Waals surface area (Å²) in [4.78, 5) is 38.5. The predicted molar refractivity (Wildman–Crippen MR) is 155 cm³/mol. The van der Waals surface area contributed by atoms with Gasteiger partial charge in [-0.15, -0.1) is 0 Å². The zero-order valence-corrected chi connectivity index (χ0v) is 24.1. The molecule has 0 saturated heterocycles. The van der Waals surface area contributed by atoms with E-state index in [1.807, 2.05) is 24.3 Å². The van der Waals surface area contributed by atoms with Crippen LogP contribution >= 0.6 is 11.8 Å². The minimum atomic E-state index is -0.625. The van der Waals surface area contributed by atoms with Crippen molar-refractivity contribution in [3.05, 3.63) is 79.6 Å². The Morgan fingerprint density at radius 2 is 1.85 bits per heavy atom. The van der Waals surface area contributed by atoms with Crippen molar-refractivity contribution in [2.24, 2.45) is 5.10 Å². The van der Waals surface area contributed by atoms with Crippen molar-refractivity contribution in [3.8, 4) is 11.5 Å². The van der Waals surface area contributed by atoms with Crippen molar-refractivity contribution in [2.75, 3.05) is 19.5 Å². The number of methoxy groups -OCH3 is 1. The van der Waals surface area contributed by atoms with Crippen LogP contribution < -0.4 is 14.9 Å². The monoisotopic (exact) mass is 584 g/mol. The fourth-order valence-corrected chi connectivity index (χ4v) is 4.78. The first kappa shape index (κ1) is 31.1. The minimum absolute atomic E-state index is 0.0665. The Labute approximate surface area is 241 Å². The number of benzene rings is 2. The molecule has 0 fully saturated rings. The van der Waals surface area contributed by atoms with Crippen LogP contribution in [0.2, 0.25) is 0 Å². The number of aromatic nitrogens is 2. The molecule has 1 N–H and O–H groups in total. The number of nitro benzene ring substituents is 1. The molecule has 1 amide bonds. The van der Waals surface area contributed by atoms with Gasteiger partial charge in [0, 0.05) is 13.0 Å². The second kappa shape index (κ2) is 14.8. The normalized spacial score (nSPS) is 11.3. The van der Waals surface area contributed by atoms with E-state index in [0.29, 0.717) is 23.7 Å². The average molecular weight is 585 g/mol. The summed E-state index contributed by atoms with van der Waals surface area (Å²) in [6, 6.07) is 11.8. The fourth-order valence-electron chi connectivity index (χ4n) is 3.85. The number of carbonyl (C=O) groups is 1. The lowest BCUT2D eigenvalue weighted by Crippen LogP contribution is -2.21. The first-order chi connectivity index (χ1) is 19.6. The summed E-state index contributed by atoms with van der Waals surface area (Å²) in [6.07, 6.45) is 3.24. The Morgan fingerprint density at radius 1 is 1.12 bits per heavy atom. The van der Waals surface area contributed by atoms with Gasteiger partial charge in [0.1, 0.15) is 5.75 Å². The number of carbonyl (C=O) groups excluding carboxylic acids is 1. The molecular formula is C27H32N6O7S. The van der Waals surface area contributed by atoms with Crippen molar-refractivity contribution in [1.82, 2.24) is 15.0 Å². The van der Waals surface area contributed by atoms with E-state index in [9.17, 15) is 25.0 Å². The van der Waals surface area contributed by atoms with Crippen molar-refractivity contribution in [1.29, 1.82) is 0 Å². The molecule has 1 heterocycles. The Bertz CT molecular complexity index is 1420.